The minimum absolute atomic E-state index is 0.339. The molecule has 4 nitrogen and oxygen atoms in total. The lowest BCUT2D eigenvalue weighted by atomic mass is 9.89. The van der Waals surface area contributed by atoms with Gasteiger partial charge in [0.05, 0.1) is 0 Å². The van der Waals surface area contributed by atoms with Gasteiger partial charge in [0, 0.05) is 23.6 Å². The third-order valence-electron chi connectivity index (χ3n) is 5.58. The van der Waals surface area contributed by atoms with Gasteiger partial charge in [-0.2, -0.15) is 0 Å². The number of rotatable bonds is 6. The number of nitrogens with zero attached hydrogens (tertiary/aromatic N) is 1. The number of aliphatic hydroxyl groups excluding tert-OH is 1. The number of aromatic amines is 1. The van der Waals surface area contributed by atoms with E-state index in [9.17, 15) is 5.11 Å². The molecule has 4 rings (SSSR count). The lowest BCUT2D eigenvalue weighted by molar-refractivity contribution is 0.0595. The van der Waals surface area contributed by atoms with Crippen LogP contribution in [0.5, 0.6) is 5.75 Å². The molecule has 2 heterocycles. The highest BCUT2D eigenvalue weighted by Crippen LogP contribution is 2.33. The summed E-state index contributed by atoms with van der Waals surface area (Å²) in [5.74, 6) is 1.41. The molecular weight excluding hydrogens is 336 g/mol. The molecule has 2 aromatic carbocycles. The highest BCUT2D eigenvalue weighted by atomic mass is 16.5. The fraction of sp³-hybridized carbons (Fsp3) is 0.391. The maximum absolute atomic E-state index is 10.3. The molecule has 1 fully saturated rings. The SMILES string of the molecule is Cc1ccc(OCC(O)CN2CCC(c3c[nH]c4ccccc34)CC2)cc1. The van der Waals surface area contributed by atoms with E-state index in [-0.39, 0.29) is 0 Å². The summed E-state index contributed by atoms with van der Waals surface area (Å²) >= 11 is 0. The van der Waals surface area contributed by atoms with Gasteiger partial charge in [-0.1, -0.05) is 35.9 Å². The molecule has 0 radical (unpaired) electrons. The Bertz CT molecular complexity index is 863. The van der Waals surface area contributed by atoms with Crippen molar-refractivity contribution < 1.29 is 9.84 Å². The minimum atomic E-state index is -0.462. The van der Waals surface area contributed by atoms with Gasteiger partial charge in [-0.05, 0) is 62.5 Å². The van der Waals surface area contributed by atoms with Gasteiger partial charge in [0.2, 0.25) is 0 Å². The van der Waals surface area contributed by atoms with Crippen LogP contribution in [0, 0.1) is 6.92 Å². The van der Waals surface area contributed by atoms with E-state index in [0.717, 1.165) is 31.7 Å². The molecule has 1 aliphatic heterocycles. The van der Waals surface area contributed by atoms with E-state index in [1.807, 2.05) is 24.3 Å². The van der Waals surface area contributed by atoms with E-state index >= 15 is 0 Å². The number of β-amino-alcohol motifs (C(OH)–C–C–N with tert-alkyl or cyclic N) is 1. The average Bonchev–Trinajstić information content (AvgIpc) is 3.12. The number of hydrogen-bond acceptors (Lipinski definition) is 3. The van der Waals surface area contributed by atoms with Crippen molar-refractivity contribution >= 4 is 10.9 Å². The van der Waals surface area contributed by atoms with Crippen molar-refractivity contribution in [3.05, 3.63) is 65.9 Å². The predicted octanol–water partition coefficient (Wildman–Crippen LogP) is 4.10. The molecule has 142 valence electrons. The molecular formula is C23H28N2O2. The molecule has 1 saturated heterocycles. The van der Waals surface area contributed by atoms with Gasteiger partial charge in [-0.15, -0.1) is 0 Å². The number of hydrogen-bond donors (Lipinski definition) is 2. The molecule has 4 heteroatoms. The number of nitrogens with one attached hydrogen (secondary N) is 1. The first-order valence-corrected chi connectivity index (χ1v) is 9.85. The summed E-state index contributed by atoms with van der Waals surface area (Å²) in [6.45, 7) is 5.11. The normalized spacial score (nSPS) is 17.3. The molecule has 3 aromatic rings. The topological polar surface area (TPSA) is 48.5 Å². The Kier molecular flexibility index (Phi) is 5.46. The minimum Gasteiger partial charge on any atom is -0.491 e. The molecule has 1 aromatic heterocycles. The van der Waals surface area contributed by atoms with E-state index < -0.39 is 6.10 Å². The Balaban J connectivity index is 1.26. The number of H-pyrrole nitrogens is 1. The van der Waals surface area contributed by atoms with Gasteiger partial charge in [-0.3, -0.25) is 0 Å². The van der Waals surface area contributed by atoms with Crippen molar-refractivity contribution in [2.75, 3.05) is 26.2 Å². The number of aryl methyl sites for hydroxylation is 1. The Morgan fingerprint density at radius 2 is 1.85 bits per heavy atom. The molecule has 2 N–H and O–H groups in total. The van der Waals surface area contributed by atoms with Crippen LogP contribution in [0.4, 0.5) is 0 Å². The van der Waals surface area contributed by atoms with Crippen LogP contribution in [0.3, 0.4) is 0 Å². The molecule has 1 atom stereocenters. The van der Waals surface area contributed by atoms with Gasteiger partial charge in [0.15, 0.2) is 0 Å². The van der Waals surface area contributed by atoms with Crippen molar-refractivity contribution in [1.82, 2.24) is 9.88 Å². The highest BCUT2D eigenvalue weighted by Gasteiger charge is 2.24. The second kappa shape index (κ2) is 8.15. The average molecular weight is 364 g/mol. The summed E-state index contributed by atoms with van der Waals surface area (Å²) in [7, 11) is 0. The van der Waals surface area contributed by atoms with E-state index in [2.05, 4.69) is 47.3 Å². The van der Waals surface area contributed by atoms with Crippen LogP contribution in [0.2, 0.25) is 0 Å². The number of para-hydroxylation sites is 1. The summed E-state index contributed by atoms with van der Waals surface area (Å²) in [4.78, 5) is 5.75. The largest absolute Gasteiger partial charge is 0.491 e. The van der Waals surface area contributed by atoms with Crippen molar-refractivity contribution in [3.8, 4) is 5.75 Å². The zero-order chi connectivity index (χ0) is 18.6. The van der Waals surface area contributed by atoms with Gasteiger partial charge in [0.25, 0.3) is 0 Å². The van der Waals surface area contributed by atoms with Crippen LogP contribution in [-0.4, -0.2) is 47.3 Å². The van der Waals surface area contributed by atoms with Gasteiger partial charge in [0.1, 0.15) is 18.5 Å². The summed E-state index contributed by atoms with van der Waals surface area (Å²) < 4.78 is 5.71. The second-order valence-corrected chi connectivity index (χ2v) is 7.64. The molecule has 0 amide bonds. The van der Waals surface area contributed by atoms with Crippen molar-refractivity contribution in [3.63, 3.8) is 0 Å². The van der Waals surface area contributed by atoms with Crippen LogP contribution in [0.25, 0.3) is 10.9 Å². The number of piperidine rings is 1. The van der Waals surface area contributed by atoms with Crippen LogP contribution in [0.15, 0.2) is 54.7 Å². The van der Waals surface area contributed by atoms with E-state index in [1.165, 1.54) is 22.0 Å². The Hall–Kier alpha value is -2.30. The van der Waals surface area contributed by atoms with Gasteiger partial charge >= 0.3 is 0 Å². The number of aromatic nitrogens is 1. The van der Waals surface area contributed by atoms with Crippen LogP contribution in [0.1, 0.15) is 29.9 Å². The number of fused-ring (bicyclic) bond motifs is 1. The number of benzene rings is 2. The van der Waals surface area contributed by atoms with E-state index in [0.29, 0.717) is 19.1 Å². The lowest BCUT2D eigenvalue weighted by Crippen LogP contribution is -2.40. The fourth-order valence-electron chi connectivity index (χ4n) is 4.04. The smallest absolute Gasteiger partial charge is 0.119 e. The maximum Gasteiger partial charge on any atom is 0.119 e. The molecule has 0 bridgehead atoms. The molecule has 1 unspecified atom stereocenters. The quantitative estimate of drug-likeness (QED) is 0.692. The van der Waals surface area contributed by atoms with Crippen LogP contribution in [-0.2, 0) is 0 Å². The lowest BCUT2D eigenvalue weighted by Gasteiger charge is -2.33. The molecule has 0 saturated carbocycles. The third-order valence-corrected chi connectivity index (χ3v) is 5.58. The summed E-state index contributed by atoms with van der Waals surface area (Å²) in [5.41, 5.74) is 3.87. The first kappa shape index (κ1) is 18.1. The Morgan fingerprint density at radius 1 is 1.11 bits per heavy atom. The standard InChI is InChI=1S/C23H28N2O2/c1-17-6-8-20(9-7-17)27-16-19(26)15-25-12-10-18(11-13-25)22-14-24-23-5-3-2-4-21(22)23/h2-9,14,18-19,24,26H,10-13,15-16H2,1H3. The first-order chi connectivity index (χ1) is 13.2. The van der Waals surface area contributed by atoms with Crippen LogP contribution >= 0.6 is 0 Å². The van der Waals surface area contributed by atoms with Crippen molar-refractivity contribution in [2.45, 2.75) is 31.8 Å². The van der Waals surface area contributed by atoms with E-state index in [4.69, 9.17) is 4.74 Å². The number of likely N-dealkylation sites (tertiary alicyclic amines) is 1. The summed E-state index contributed by atoms with van der Waals surface area (Å²) in [6, 6.07) is 16.5. The monoisotopic (exact) mass is 364 g/mol. The maximum atomic E-state index is 10.3. The molecule has 0 spiro atoms. The Labute approximate surface area is 160 Å². The molecule has 1 aliphatic rings. The van der Waals surface area contributed by atoms with E-state index in [1.54, 1.807) is 0 Å². The first-order valence-electron chi connectivity index (χ1n) is 9.85. The molecule has 0 aliphatic carbocycles. The zero-order valence-electron chi connectivity index (χ0n) is 15.9. The Morgan fingerprint density at radius 3 is 2.63 bits per heavy atom. The third kappa shape index (κ3) is 4.34. The zero-order valence-corrected chi connectivity index (χ0v) is 15.9. The predicted molar refractivity (Wildman–Crippen MR) is 109 cm³/mol. The highest BCUT2D eigenvalue weighted by molar-refractivity contribution is 5.83. The van der Waals surface area contributed by atoms with Gasteiger partial charge in [-0.25, -0.2) is 0 Å². The molecule has 27 heavy (non-hydrogen) atoms. The fourth-order valence-corrected chi connectivity index (χ4v) is 4.04. The van der Waals surface area contributed by atoms with Crippen molar-refractivity contribution in [2.24, 2.45) is 0 Å². The number of ether oxygens (including phenoxy) is 1. The number of aliphatic hydroxyl groups is 1. The van der Waals surface area contributed by atoms with Crippen LogP contribution < -0.4 is 4.74 Å². The summed E-state index contributed by atoms with van der Waals surface area (Å²) in [6.07, 6.45) is 3.98. The van der Waals surface area contributed by atoms with Crippen molar-refractivity contribution in [1.29, 1.82) is 0 Å². The second-order valence-electron chi connectivity index (χ2n) is 7.64. The van der Waals surface area contributed by atoms with Gasteiger partial charge < -0.3 is 19.7 Å². The summed E-state index contributed by atoms with van der Waals surface area (Å²) in [5, 5.41) is 11.7.